The van der Waals surface area contributed by atoms with E-state index in [1.54, 1.807) is 6.20 Å². The van der Waals surface area contributed by atoms with Crippen molar-refractivity contribution in [1.82, 2.24) is 9.55 Å². The van der Waals surface area contributed by atoms with Crippen molar-refractivity contribution in [3.8, 4) is 61.8 Å². The molecule has 3 heterocycles. The Morgan fingerprint density at radius 3 is 1.74 bits per heavy atom. The quantitative estimate of drug-likeness (QED) is 0.120. The van der Waals surface area contributed by atoms with Crippen molar-refractivity contribution in [2.75, 3.05) is 10.6 Å². The molecule has 0 amide bonds. The second-order valence-corrected chi connectivity index (χ2v) is 27.8. The number of anilines is 4. The summed E-state index contributed by atoms with van der Waals surface area (Å²) in [4.78, 5) is 5.26. The predicted molar refractivity (Wildman–Crippen MR) is 361 cm³/mol. The van der Waals surface area contributed by atoms with Crippen LogP contribution < -0.4 is 36.1 Å². The van der Waals surface area contributed by atoms with Crippen LogP contribution in [-0.2, 0) is 10.8 Å². The maximum absolute atomic E-state index is 9.09. The van der Waals surface area contributed by atoms with Gasteiger partial charge in [0.2, 0.25) is 0 Å². The molecular weight excluding hydrogens is 1050 g/mol. The van der Waals surface area contributed by atoms with Crippen LogP contribution in [0, 0.1) is 0 Å². The van der Waals surface area contributed by atoms with Gasteiger partial charge >= 0.3 is 0 Å². The Kier molecular flexibility index (Phi) is 11.9. The molecule has 0 saturated heterocycles. The minimum Gasteiger partial charge on any atom is -0.457 e. The summed E-state index contributed by atoms with van der Waals surface area (Å²) in [6.07, 6.45) is 1.69. The monoisotopic (exact) mass is 1120 g/mol. The predicted octanol–water partition coefficient (Wildman–Crippen LogP) is 18.4. The number of hydrogen-bond acceptors (Lipinski definition) is 4. The average molecular weight is 1120 g/mol. The fourth-order valence-electron chi connectivity index (χ4n) is 12.8. The Morgan fingerprint density at radius 2 is 1.06 bits per heavy atom. The highest BCUT2D eigenvalue weighted by Gasteiger charge is 2.50. The third-order valence-corrected chi connectivity index (χ3v) is 21.7. The number of aromatic nitrogens is 2. The van der Waals surface area contributed by atoms with Crippen LogP contribution in [0.15, 0.2) is 279 Å². The van der Waals surface area contributed by atoms with Crippen molar-refractivity contribution in [3.63, 3.8) is 0 Å². The van der Waals surface area contributed by atoms with Crippen molar-refractivity contribution >= 4 is 73.4 Å². The van der Waals surface area contributed by atoms with Crippen LogP contribution >= 0.6 is 0 Å². The van der Waals surface area contributed by atoms with Gasteiger partial charge in [-0.25, -0.2) is 4.98 Å². The van der Waals surface area contributed by atoms with Crippen LogP contribution in [-0.4, -0.2) is 17.6 Å². The first-order valence-corrected chi connectivity index (χ1v) is 31.1. The van der Waals surface area contributed by atoms with E-state index in [0.29, 0.717) is 22.9 Å². The standard InChI is InChI=1S/C79H66N4OSi/c1-78(2,3)56-43-41-55(42-44-56)63-37-24-36-62(53-25-11-7-12-26-53)76(63)82-70-39-21-20-38-69(70)81-57-29-23-30-58(49-57)84-59-45-46-66-72(50-59)83(74-51-68(79(4,5)6)67(52-80-74)54-27-13-8-14-28-54)71-48-47-65-64-35-19-22-40-73(64)85(77(65)75(66)71,60-31-15-9-16-32-60)61-33-17-10-18-34-61/h7-52,81-82H,1-6H3/i8D,13D,14D,27D,28D. The van der Waals surface area contributed by atoms with E-state index in [9.17, 15) is 0 Å². The summed E-state index contributed by atoms with van der Waals surface area (Å²) >= 11 is 0. The molecule has 0 bridgehead atoms. The molecule has 0 spiro atoms. The van der Waals surface area contributed by atoms with Crippen molar-refractivity contribution in [2.24, 2.45) is 0 Å². The first kappa shape index (κ1) is 47.5. The van der Waals surface area contributed by atoms with Crippen LogP contribution in [0.5, 0.6) is 11.5 Å². The van der Waals surface area contributed by atoms with Crippen molar-refractivity contribution < 1.29 is 11.6 Å². The van der Waals surface area contributed by atoms with Crippen LogP contribution in [0.3, 0.4) is 0 Å². The molecule has 0 aliphatic carbocycles. The van der Waals surface area contributed by atoms with Crippen LogP contribution in [0.1, 0.15) is 59.5 Å². The lowest BCUT2D eigenvalue weighted by Gasteiger charge is -2.32. The first-order valence-electron chi connectivity index (χ1n) is 31.6. The number of benzene rings is 11. The summed E-state index contributed by atoms with van der Waals surface area (Å²) in [6.45, 7) is 13.0. The van der Waals surface area contributed by atoms with Crippen LogP contribution in [0.25, 0.3) is 72.1 Å². The Labute approximate surface area is 507 Å². The molecule has 14 rings (SSSR count). The largest absolute Gasteiger partial charge is 0.457 e. The van der Waals surface area contributed by atoms with E-state index in [0.717, 1.165) is 72.4 Å². The first-order chi connectivity index (χ1) is 43.5. The van der Waals surface area contributed by atoms with Crippen molar-refractivity contribution in [3.05, 3.63) is 290 Å². The highest BCUT2D eigenvalue weighted by atomic mass is 28.3. The van der Waals surface area contributed by atoms with Gasteiger partial charge in [-0.3, -0.25) is 4.57 Å². The zero-order valence-corrected chi connectivity index (χ0v) is 49.5. The molecule has 85 heavy (non-hydrogen) atoms. The maximum atomic E-state index is 9.09. The number of pyridine rings is 1. The van der Waals surface area contributed by atoms with Crippen molar-refractivity contribution in [1.29, 1.82) is 0 Å². The molecule has 0 saturated carbocycles. The van der Waals surface area contributed by atoms with Gasteiger partial charge in [0.1, 0.15) is 17.3 Å². The van der Waals surface area contributed by atoms with Gasteiger partial charge in [0.05, 0.1) is 34.9 Å². The normalized spacial score (nSPS) is 13.5. The second-order valence-electron chi connectivity index (χ2n) is 24.1. The lowest BCUT2D eigenvalue weighted by atomic mass is 9.82. The van der Waals surface area contributed by atoms with E-state index >= 15 is 0 Å². The molecular formula is C79H66N4OSi. The molecule has 412 valence electrons. The number of nitrogens with zero attached hydrogens (tertiary/aromatic N) is 2. The second kappa shape index (κ2) is 21.3. The zero-order chi connectivity index (χ0) is 62.2. The fourth-order valence-corrected chi connectivity index (χ4v) is 18.2. The summed E-state index contributed by atoms with van der Waals surface area (Å²) < 4.78 is 53.1. The summed E-state index contributed by atoms with van der Waals surface area (Å²) in [5.74, 6) is 1.87. The Bertz CT molecular complexity index is 4870. The number of nitrogens with one attached hydrogen (secondary N) is 2. The smallest absolute Gasteiger partial charge is 0.181 e. The van der Waals surface area contributed by atoms with Crippen LogP contribution in [0.2, 0.25) is 0 Å². The molecule has 5 nitrogen and oxygen atoms in total. The van der Waals surface area contributed by atoms with Gasteiger partial charge < -0.3 is 15.4 Å². The maximum Gasteiger partial charge on any atom is 0.181 e. The lowest BCUT2D eigenvalue weighted by molar-refractivity contribution is 0.483. The Hall–Kier alpha value is -10.0. The number of fused-ring (bicyclic) bond motifs is 7. The summed E-state index contributed by atoms with van der Waals surface area (Å²) in [5.41, 5.74) is 14.4. The molecule has 0 unspecified atom stereocenters. The minimum atomic E-state index is -3.07. The zero-order valence-electron chi connectivity index (χ0n) is 53.5. The third-order valence-electron chi connectivity index (χ3n) is 16.8. The van der Waals surface area contributed by atoms with E-state index in [2.05, 4.69) is 257 Å². The molecule has 1 aliphatic heterocycles. The van der Waals surface area contributed by atoms with E-state index < -0.39 is 19.5 Å². The van der Waals surface area contributed by atoms with Gasteiger partial charge in [-0.05, 0) is 119 Å². The number of rotatable bonds is 12. The van der Waals surface area contributed by atoms with E-state index in [4.69, 9.17) is 16.6 Å². The molecule has 2 N–H and O–H groups in total. The van der Waals surface area contributed by atoms with Gasteiger partial charge in [-0.1, -0.05) is 254 Å². The summed E-state index contributed by atoms with van der Waals surface area (Å²) in [7, 11) is -3.07. The number of hydrogen-bond donors (Lipinski definition) is 2. The van der Waals surface area contributed by atoms with E-state index in [-0.39, 0.29) is 35.1 Å². The third kappa shape index (κ3) is 9.49. The van der Waals surface area contributed by atoms with Gasteiger partial charge in [0.25, 0.3) is 0 Å². The number of para-hydroxylation sites is 3. The van der Waals surface area contributed by atoms with E-state index in [1.165, 1.54) is 37.4 Å². The SMILES string of the molecule is [2H]c1c([2H])c([2H])c(-c2cnc(-n3c4cc(Oc5cccc(Nc6ccccc6Nc6c(-c7ccccc7)cccc6-c6ccc(C(C)(C)C)cc6)c5)ccc4c4c5c(ccc43)-c3ccccc3[Si]5(c3ccccc3)c3ccccc3)cc2C(C)(C)C)c([2H])c1[2H]. The Morgan fingerprint density at radius 1 is 0.459 bits per heavy atom. The Balaban J connectivity index is 0.908. The number of ether oxygens (including phenoxy) is 1. The summed E-state index contributed by atoms with van der Waals surface area (Å²) in [5, 5.41) is 15.0. The molecule has 13 aromatic rings. The van der Waals surface area contributed by atoms with E-state index in [1.807, 2.05) is 42.5 Å². The topological polar surface area (TPSA) is 51.1 Å². The molecule has 0 radical (unpaired) electrons. The van der Waals surface area contributed by atoms with Gasteiger partial charge in [-0.15, -0.1) is 0 Å². The molecule has 1 aliphatic rings. The molecule has 6 heteroatoms. The summed E-state index contributed by atoms with van der Waals surface area (Å²) in [6, 6.07) is 84.4. The molecule has 0 fully saturated rings. The lowest BCUT2D eigenvalue weighted by Crippen LogP contribution is -2.72. The fraction of sp³-hybridized carbons (Fsp3) is 0.101. The molecule has 0 atom stereocenters. The van der Waals surface area contributed by atoms with Gasteiger partial charge in [0.15, 0.2) is 8.07 Å². The van der Waals surface area contributed by atoms with Crippen molar-refractivity contribution in [2.45, 2.75) is 52.4 Å². The van der Waals surface area contributed by atoms with Crippen LogP contribution in [0.4, 0.5) is 22.7 Å². The molecule has 2 aromatic heterocycles. The highest BCUT2D eigenvalue weighted by molar-refractivity contribution is 7.23. The van der Waals surface area contributed by atoms with Gasteiger partial charge in [0, 0.05) is 51.5 Å². The minimum absolute atomic E-state index is 0.0264. The average Bonchev–Trinajstić information content (AvgIpc) is 1.51. The van der Waals surface area contributed by atoms with Gasteiger partial charge in [-0.2, -0.15) is 0 Å². The highest BCUT2D eigenvalue weighted by Crippen LogP contribution is 2.44. The molecule has 11 aromatic carbocycles.